The molecule has 26 heavy (non-hydrogen) atoms. The molecule has 1 aliphatic heterocycles. The van der Waals surface area contributed by atoms with E-state index in [0.29, 0.717) is 16.1 Å². The van der Waals surface area contributed by atoms with Crippen molar-refractivity contribution in [1.29, 1.82) is 0 Å². The van der Waals surface area contributed by atoms with Crippen molar-refractivity contribution in [2.45, 2.75) is 44.7 Å². The molecule has 4 heteroatoms. The predicted molar refractivity (Wildman–Crippen MR) is 112 cm³/mol. The second-order valence-corrected chi connectivity index (χ2v) is 8.36. The molecular weight excluding hydrogens is 363 g/mol. The molecule has 2 N–H and O–H groups in total. The van der Waals surface area contributed by atoms with Crippen LogP contribution in [0.3, 0.4) is 0 Å². The zero-order chi connectivity index (χ0) is 18.5. The first-order valence-corrected chi connectivity index (χ1v) is 10.3. The van der Waals surface area contributed by atoms with Gasteiger partial charge in [0, 0.05) is 22.1 Å². The number of hydrogen-bond acceptors (Lipinski definition) is 2. The molecule has 2 aromatic rings. The summed E-state index contributed by atoms with van der Waals surface area (Å²) < 4.78 is 0. The third kappa shape index (κ3) is 5.23. The average molecular weight is 391 g/mol. The molecular formula is C22H28Cl2N2. The molecule has 1 heterocycles. The van der Waals surface area contributed by atoms with Gasteiger partial charge in [0.25, 0.3) is 0 Å². The summed E-state index contributed by atoms with van der Waals surface area (Å²) in [6, 6.07) is 16.9. The van der Waals surface area contributed by atoms with Gasteiger partial charge in [0.2, 0.25) is 0 Å². The van der Waals surface area contributed by atoms with E-state index in [1.54, 1.807) is 6.07 Å². The minimum Gasteiger partial charge on any atom is -0.326 e. The van der Waals surface area contributed by atoms with E-state index in [1.165, 1.54) is 24.8 Å². The van der Waals surface area contributed by atoms with Gasteiger partial charge >= 0.3 is 0 Å². The summed E-state index contributed by atoms with van der Waals surface area (Å²) in [5.74, 6) is 0.780. The van der Waals surface area contributed by atoms with Gasteiger partial charge in [0.05, 0.1) is 0 Å². The molecule has 0 saturated carbocycles. The predicted octanol–water partition coefficient (Wildman–Crippen LogP) is 5.21. The summed E-state index contributed by atoms with van der Waals surface area (Å²) in [4.78, 5) is 2.54. The first-order valence-electron chi connectivity index (χ1n) is 9.50. The van der Waals surface area contributed by atoms with E-state index in [4.69, 9.17) is 28.9 Å². The van der Waals surface area contributed by atoms with Crippen LogP contribution in [0, 0.1) is 5.92 Å². The van der Waals surface area contributed by atoms with E-state index in [-0.39, 0.29) is 6.04 Å². The molecule has 3 rings (SSSR count). The number of rotatable bonds is 6. The Morgan fingerprint density at radius 1 is 1.08 bits per heavy atom. The minimum atomic E-state index is 0.0688. The first kappa shape index (κ1) is 19.7. The Balaban J connectivity index is 1.50. The van der Waals surface area contributed by atoms with Crippen LogP contribution in [0.1, 0.15) is 30.9 Å². The smallest absolute Gasteiger partial charge is 0.0453 e. The minimum absolute atomic E-state index is 0.0688. The third-order valence-corrected chi connectivity index (χ3v) is 6.27. The fourth-order valence-electron chi connectivity index (χ4n) is 3.89. The highest BCUT2D eigenvalue weighted by molar-refractivity contribution is 6.35. The Hall–Kier alpha value is -1.06. The van der Waals surface area contributed by atoms with Crippen molar-refractivity contribution in [2.75, 3.05) is 13.1 Å². The standard InChI is InChI=1S/C22H28Cl2N2/c1-16(22(25)14-19-7-8-20(23)15-21(19)24)26-11-9-18(10-12-26)13-17-5-3-2-4-6-17/h2-8,15-16,18,22H,9-14,25H2,1H3. The van der Waals surface area contributed by atoms with Gasteiger partial charge in [-0.05, 0) is 74.9 Å². The number of hydrogen-bond donors (Lipinski definition) is 1. The van der Waals surface area contributed by atoms with Crippen LogP contribution in [0.4, 0.5) is 0 Å². The molecule has 1 aliphatic rings. The number of likely N-dealkylation sites (tertiary alicyclic amines) is 1. The summed E-state index contributed by atoms with van der Waals surface area (Å²) in [5.41, 5.74) is 9.04. The van der Waals surface area contributed by atoms with Gasteiger partial charge in [0.15, 0.2) is 0 Å². The zero-order valence-corrected chi connectivity index (χ0v) is 16.9. The Labute approximate surface area is 167 Å². The van der Waals surface area contributed by atoms with Crippen LogP contribution < -0.4 is 5.73 Å². The lowest BCUT2D eigenvalue weighted by Crippen LogP contribution is -2.50. The van der Waals surface area contributed by atoms with Gasteiger partial charge < -0.3 is 5.73 Å². The lowest BCUT2D eigenvalue weighted by atomic mass is 9.89. The lowest BCUT2D eigenvalue weighted by molar-refractivity contribution is 0.125. The molecule has 2 atom stereocenters. The van der Waals surface area contributed by atoms with Gasteiger partial charge in [-0.1, -0.05) is 59.6 Å². The third-order valence-electron chi connectivity index (χ3n) is 5.68. The van der Waals surface area contributed by atoms with Crippen molar-refractivity contribution >= 4 is 23.2 Å². The van der Waals surface area contributed by atoms with Gasteiger partial charge in [-0.25, -0.2) is 0 Å². The van der Waals surface area contributed by atoms with E-state index < -0.39 is 0 Å². The van der Waals surface area contributed by atoms with Gasteiger partial charge in [-0.3, -0.25) is 4.90 Å². The van der Waals surface area contributed by atoms with Crippen molar-refractivity contribution in [2.24, 2.45) is 11.7 Å². The maximum absolute atomic E-state index is 6.51. The molecule has 0 aromatic heterocycles. The number of nitrogens with zero attached hydrogens (tertiary/aromatic N) is 1. The number of halogens is 2. The molecule has 0 spiro atoms. The molecule has 0 bridgehead atoms. The number of nitrogens with two attached hydrogens (primary N) is 1. The normalized spacial score (nSPS) is 18.6. The topological polar surface area (TPSA) is 29.3 Å². The Morgan fingerprint density at radius 2 is 1.77 bits per heavy atom. The first-order chi connectivity index (χ1) is 12.5. The molecule has 1 saturated heterocycles. The molecule has 0 amide bonds. The van der Waals surface area contributed by atoms with Gasteiger partial charge in [0.1, 0.15) is 0 Å². The van der Waals surface area contributed by atoms with E-state index in [2.05, 4.69) is 42.2 Å². The van der Waals surface area contributed by atoms with Crippen molar-refractivity contribution in [3.63, 3.8) is 0 Å². The summed E-state index contributed by atoms with van der Waals surface area (Å²) in [6.07, 6.45) is 4.46. The molecule has 1 fully saturated rings. The highest BCUT2D eigenvalue weighted by Gasteiger charge is 2.26. The van der Waals surface area contributed by atoms with Crippen LogP contribution in [-0.2, 0) is 12.8 Å². The summed E-state index contributed by atoms with van der Waals surface area (Å²) in [5, 5.41) is 1.38. The molecule has 2 nitrogen and oxygen atoms in total. The van der Waals surface area contributed by atoms with Gasteiger partial charge in [-0.15, -0.1) is 0 Å². The SMILES string of the molecule is CC(C(N)Cc1ccc(Cl)cc1Cl)N1CCC(Cc2ccccc2)CC1. The van der Waals surface area contributed by atoms with Gasteiger partial charge in [-0.2, -0.15) is 0 Å². The van der Waals surface area contributed by atoms with E-state index in [0.717, 1.165) is 31.0 Å². The average Bonchev–Trinajstić information content (AvgIpc) is 2.65. The Morgan fingerprint density at radius 3 is 2.42 bits per heavy atom. The quantitative estimate of drug-likeness (QED) is 0.733. The monoisotopic (exact) mass is 390 g/mol. The van der Waals surface area contributed by atoms with Crippen LogP contribution in [0.15, 0.2) is 48.5 Å². The lowest BCUT2D eigenvalue weighted by Gasteiger charge is -2.38. The van der Waals surface area contributed by atoms with Crippen LogP contribution >= 0.6 is 23.2 Å². The molecule has 140 valence electrons. The fraction of sp³-hybridized carbons (Fsp3) is 0.455. The van der Waals surface area contributed by atoms with Crippen LogP contribution in [0.5, 0.6) is 0 Å². The van der Waals surface area contributed by atoms with E-state index in [1.807, 2.05) is 12.1 Å². The Kier molecular flexibility index (Phi) is 6.99. The van der Waals surface area contributed by atoms with Crippen LogP contribution in [-0.4, -0.2) is 30.1 Å². The van der Waals surface area contributed by atoms with Crippen molar-refractivity contribution in [1.82, 2.24) is 4.90 Å². The highest BCUT2D eigenvalue weighted by Crippen LogP contribution is 2.26. The molecule has 0 radical (unpaired) electrons. The number of benzene rings is 2. The van der Waals surface area contributed by atoms with E-state index in [9.17, 15) is 0 Å². The maximum atomic E-state index is 6.51. The summed E-state index contributed by atoms with van der Waals surface area (Å²) in [7, 11) is 0. The highest BCUT2D eigenvalue weighted by atomic mass is 35.5. The van der Waals surface area contributed by atoms with E-state index >= 15 is 0 Å². The summed E-state index contributed by atoms with van der Waals surface area (Å²) >= 11 is 12.3. The number of piperidine rings is 1. The molecule has 0 aliphatic carbocycles. The van der Waals surface area contributed by atoms with Crippen molar-refractivity contribution < 1.29 is 0 Å². The zero-order valence-electron chi connectivity index (χ0n) is 15.4. The largest absolute Gasteiger partial charge is 0.326 e. The Bertz CT molecular complexity index is 697. The fourth-order valence-corrected chi connectivity index (χ4v) is 4.38. The molecule has 2 aromatic carbocycles. The molecule has 2 unspecified atom stereocenters. The van der Waals surface area contributed by atoms with Crippen LogP contribution in [0.2, 0.25) is 10.0 Å². The van der Waals surface area contributed by atoms with Crippen LogP contribution in [0.25, 0.3) is 0 Å². The summed E-state index contributed by atoms with van der Waals surface area (Å²) in [6.45, 7) is 4.49. The maximum Gasteiger partial charge on any atom is 0.0453 e. The van der Waals surface area contributed by atoms with Crippen molar-refractivity contribution in [3.05, 3.63) is 69.7 Å². The second kappa shape index (κ2) is 9.23. The van der Waals surface area contributed by atoms with Crippen molar-refractivity contribution in [3.8, 4) is 0 Å². The second-order valence-electron chi connectivity index (χ2n) is 7.51.